The van der Waals surface area contributed by atoms with E-state index in [9.17, 15) is 9.90 Å². The van der Waals surface area contributed by atoms with Crippen molar-refractivity contribution in [2.24, 2.45) is 0 Å². The van der Waals surface area contributed by atoms with Crippen LogP contribution >= 0.6 is 0 Å². The molecule has 1 amide bonds. The van der Waals surface area contributed by atoms with Gasteiger partial charge in [-0.1, -0.05) is 48.5 Å². The highest BCUT2D eigenvalue weighted by atomic mass is 16.3. The van der Waals surface area contributed by atoms with Crippen LogP contribution in [0.4, 0.5) is 5.69 Å². The lowest BCUT2D eigenvalue weighted by Crippen LogP contribution is -2.43. The summed E-state index contributed by atoms with van der Waals surface area (Å²) in [5.41, 5.74) is 1.66. The number of benzene rings is 2. The molecule has 1 unspecified atom stereocenters. The minimum atomic E-state index is -1.11. The van der Waals surface area contributed by atoms with Crippen molar-refractivity contribution >= 4 is 11.6 Å². The summed E-state index contributed by atoms with van der Waals surface area (Å²) >= 11 is 0. The van der Waals surface area contributed by atoms with Gasteiger partial charge in [0, 0.05) is 18.4 Å². The number of amides is 1. The Labute approximate surface area is 118 Å². The zero-order chi connectivity index (χ0) is 14.2. The molecule has 1 aliphatic heterocycles. The van der Waals surface area contributed by atoms with Gasteiger partial charge in [0.15, 0.2) is 0 Å². The van der Waals surface area contributed by atoms with E-state index in [1.807, 2.05) is 54.6 Å². The fraction of sp³-hybridized carbons (Fsp3) is 0.235. The van der Waals surface area contributed by atoms with Crippen LogP contribution in [0.25, 0.3) is 11.1 Å². The number of carbonyl (C=O) groups is 1. The summed E-state index contributed by atoms with van der Waals surface area (Å²) in [6, 6.07) is 17.6. The summed E-state index contributed by atoms with van der Waals surface area (Å²) in [4.78, 5) is 13.7. The number of hydrogen-bond donors (Lipinski definition) is 1. The molecule has 1 N–H and O–H groups in total. The van der Waals surface area contributed by atoms with Gasteiger partial charge in [-0.15, -0.1) is 0 Å². The van der Waals surface area contributed by atoms with Crippen LogP contribution in [0.3, 0.4) is 0 Å². The molecule has 3 nitrogen and oxygen atoms in total. The third-order valence-electron chi connectivity index (χ3n) is 3.77. The summed E-state index contributed by atoms with van der Waals surface area (Å²) in [6.07, 6.45) is 0.852. The van der Waals surface area contributed by atoms with Gasteiger partial charge in [-0.05, 0) is 18.6 Å². The van der Waals surface area contributed by atoms with Crippen molar-refractivity contribution in [1.82, 2.24) is 0 Å². The lowest BCUT2D eigenvalue weighted by molar-refractivity contribution is -0.118. The van der Waals surface area contributed by atoms with Crippen LogP contribution in [-0.4, -0.2) is 16.7 Å². The van der Waals surface area contributed by atoms with Gasteiger partial charge in [0.25, 0.3) is 0 Å². The Balaban J connectivity index is 2.14. The molecule has 0 aliphatic carbocycles. The van der Waals surface area contributed by atoms with Crippen LogP contribution in [0, 0.1) is 0 Å². The standard InChI is InChI=1S/C17H17NO2/c1-17(20)12-11-16(19)18(17)15-10-6-5-9-14(15)13-7-3-2-4-8-13/h2-10,20H,11-12H2,1H3. The Kier molecular flexibility index (Phi) is 3.07. The number of aliphatic hydroxyl groups is 1. The maximum absolute atomic E-state index is 12.1. The number of para-hydroxylation sites is 1. The van der Waals surface area contributed by atoms with Crippen molar-refractivity contribution < 1.29 is 9.90 Å². The summed E-state index contributed by atoms with van der Waals surface area (Å²) in [5, 5.41) is 10.5. The topological polar surface area (TPSA) is 40.5 Å². The second kappa shape index (κ2) is 4.76. The minimum Gasteiger partial charge on any atom is -0.371 e. The first-order valence-electron chi connectivity index (χ1n) is 6.79. The molecule has 0 spiro atoms. The Morgan fingerprint density at radius 2 is 1.70 bits per heavy atom. The minimum absolute atomic E-state index is 0.0293. The lowest BCUT2D eigenvalue weighted by Gasteiger charge is -2.31. The van der Waals surface area contributed by atoms with Crippen LogP contribution in [0.2, 0.25) is 0 Å². The number of rotatable bonds is 2. The third kappa shape index (κ3) is 2.10. The van der Waals surface area contributed by atoms with Crippen molar-refractivity contribution in [2.75, 3.05) is 4.90 Å². The van der Waals surface area contributed by atoms with E-state index in [0.29, 0.717) is 12.8 Å². The van der Waals surface area contributed by atoms with Gasteiger partial charge in [0.05, 0.1) is 5.69 Å². The first kappa shape index (κ1) is 12.9. The molecule has 0 radical (unpaired) electrons. The second-order valence-electron chi connectivity index (χ2n) is 5.33. The zero-order valence-corrected chi connectivity index (χ0v) is 11.4. The average Bonchev–Trinajstić information content (AvgIpc) is 2.73. The molecule has 0 saturated carbocycles. The SMILES string of the molecule is CC1(O)CCC(=O)N1c1ccccc1-c1ccccc1. The normalized spacial score (nSPS) is 22.3. The van der Waals surface area contributed by atoms with Crippen molar-refractivity contribution in [3.05, 3.63) is 54.6 Å². The van der Waals surface area contributed by atoms with E-state index >= 15 is 0 Å². The molecule has 3 rings (SSSR count). The number of nitrogens with zero attached hydrogens (tertiary/aromatic N) is 1. The van der Waals surface area contributed by atoms with Crippen LogP contribution in [-0.2, 0) is 4.79 Å². The van der Waals surface area contributed by atoms with E-state index in [1.165, 1.54) is 4.90 Å². The Morgan fingerprint density at radius 1 is 1.05 bits per heavy atom. The molecule has 1 atom stereocenters. The van der Waals surface area contributed by atoms with Crippen LogP contribution in [0.5, 0.6) is 0 Å². The molecular formula is C17H17NO2. The average molecular weight is 267 g/mol. The van der Waals surface area contributed by atoms with E-state index in [0.717, 1.165) is 16.8 Å². The Morgan fingerprint density at radius 3 is 2.35 bits per heavy atom. The molecule has 1 heterocycles. The maximum Gasteiger partial charge on any atom is 0.229 e. The third-order valence-corrected chi connectivity index (χ3v) is 3.77. The van der Waals surface area contributed by atoms with Crippen molar-refractivity contribution in [3.63, 3.8) is 0 Å². The molecule has 0 bridgehead atoms. The van der Waals surface area contributed by atoms with E-state index in [-0.39, 0.29) is 5.91 Å². The van der Waals surface area contributed by atoms with Gasteiger partial charge >= 0.3 is 0 Å². The Bertz CT molecular complexity index is 634. The molecule has 1 saturated heterocycles. The first-order valence-corrected chi connectivity index (χ1v) is 6.79. The van der Waals surface area contributed by atoms with Gasteiger partial charge < -0.3 is 5.11 Å². The van der Waals surface area contributed by atoms with E-state index < -0.39 is 5.72 Å². The van der Waals surface area contributed by atoms with Gasteiger partial charge in [-0.3, -0.25) is 9.69 Å². The highest BCUT2D eigenvalue weighted by Gasteiger charge is 2.41. The lowest BCUT2D eigenvalue weighted by atomic mass is 10.0. The molecule has 1 aliphatic rings. The molecule has 2 aromatic carbocycles. The fourth-order valence-electron chi connectivity index (χ4n) is 2.76. The predicted octanol–water partition coefficient (Wildman–Crippen LogP) is 3.19. The van der Waals surface area contributed by atoms with Gasteiger partial charge in [0.2, 0.25) is 5.91 Å². The van der Waals surface area contributed by atoms with E-state index in [2.05, 4.69) is 0 Å². The summed E-state index contributed by atoms with van der Waals surface area (Å²) in [5.74, 6) is -0.0293. The molecule has 20 heavy (non-hydrogen) atoms. The van der Waals surface area contributed by atoms with E-state index in [4.69, 9.17) is 0 Å². The molecular weight excluding hydrogens is 250 g/mol. The Hall–Kier alpha value is -2.13. The first-order chi connectivity index (χ1) is 9.59. The summed E-state index contributed by atoms with van der Waals surface area (Å²) < 4.78 is 0. The summed E-state index contributed by atoms with van der Waals surface area (Å²) in [6.45, 7) is 1.69. The van der Waals surface area contributed by atoms with Crippen molar-refractivity contribution in [2.45, 2.75) is 25.5 Å². The largest absolute Gasteiger partial charge is 0.371 e. The summed E-state index contributed by atoms with van der Waals surface area (Å²) in [7, 11) is 0. The van der Waals surface area contributed by atoms with Gasteiger partial charge in [-0.25, -0.2) is 0 Å². The van der Waals surface area contributed by atoms with E-state index in [1.54, 1.807) is 6.92 Å². The molecule has 102 valence electrons. The second-order valence-corrected chi connectivity index (χ2v) is 5.33. The fourth-order valence-corrected chi connectivity index (χ4v) is 2.76. The number of carbonyl (C=O) groups excluding carboxylic acids is 1. The quantitative estimate of drug-likeness (QED) is 0.907. The van der Waals surface area contributed by atoms with Crippen LogP contribution in [0.1, 0.15) is 19.8 Å². The van der Waals surface area contributed by atoms with Crippen LogP contribution < -0.4 is 4.90 Å². The van der Waals surface area contributed by atoms with Gasteiger partial charge in [-0.2, -0.15) is 0 Å². The highest BCUT2D eigenvalue weighted by Crippen LogP contribution is 2.38. The maximum atomic E-state index is 12.1. The molecule has 2 aromatic rings. The smallest absolute Gasteiger partial charge is 0.229 e. The molecule has 3 heteroatoms. The van der Waals surface area contributed by atoms with Crippen molar-refractivity contribution in [1.29, 1.82) is 0 Å². The monoisotopic (exact) mass is 267 g/mol. The number of anilines is 1. The van der Waals surface area contributed by atoms with Crippen molar-refractivity contribution in [3.8, 4) is 11.1 Å². The zero-order valence-electron chi connectivity index (χ0n) is 11.4. The highest BCUT2D eigenvalue weighted by molar-refractivity contribution is 6.00. The molecule has 0 aromatic heterocycles. The van der Waals surface area contributed by atoms with Crippen LogP contribution in [0.15, 0.2) is 54.6 Å². The number of hydrogen-bond acceptors (Lipinski definition) is 2. The molecule has 1 fully saturated rings. The predicted molar refractivity (Wildman–Crippen MR) is 79.2 cm³/mol. The van der Waals surface area contributed by atoms with Gasteiger partial charge in [0.1, 0.15) is 5.72 Å².